The van der Waals surface area contributed by atoms with E-state index in [2.05, 4.69) is 9.98 Å². The molecule has 4 heteroatoms. The molecule has 0 fully saturated rings. The molecule has 0 amide bonds. The minimum Gasteiger partial charge on any atom is -0.508 e. The largest absolute Gasteiger partial charge is 0.508 e. The van der Waals surface area contributed by atoms with Crippen LogP contribution in [-0.2, 0) is 0 Å². The number of hydrogen-bond donors (Lipinski definition) is 3. The number of nitrogens with zero attached hydrogens (tertiary/aromatic N) is 1. The molecule has 0 unspecified atom stereocenters. The Morgan fingerprint density at radius 3 is 2.58 bits per heavy atom. The van der Waals surface area contributed by atoms with Gasteiger partial charge in [0.2, 0.25) is 0 Å². The second-order valence-corrected chi connectivity index (χ2v) is 4.26. The Labute approximate surface area is 110 Å². The van der Waals surface area contributed by atoms with Crippen LogP contribution in [0.15, 0.2) is 59.7 Å². The molecular weight excluding hydrogens is 238 g/mol. The molecule has 4 N–H and O–H groups in total. The van der Waals surface area contributed by atoms with Crippen LogP contribution in [0.5, 0.6) is 5.75 Å². The summed E-state index contributed by atoms with van der Waals surface area (Å²) in [6.45, 7) is 0. The molecule has 3 rings (SSSR count). The van der Waals surface area contributed by atoms with Gasteiger partial charge in [0.15, 0.2) is 0 Å². The number of fused-ring (bicyclic) bond motifs is 1. The number of benzene rings is 2. The number of aromatic hydroxyl groups is 1. The van der Waals surface area contributed by atoms with E-state index in [1.165, 1.54) is 0 Å². The van der Waals surface area contributed by atoms with Gasteiger partial charge in [-0.15, -0.1) is 0 Å². The molecule has 0 spiro atoms. The maximum Gasteiger partial charge on any atom is 0.133 e. The van der Waals surface area contributed by atoms with E-state index in [-0.39, 0.29) is 5.75 Å². The van der Waals surface area contributed by atoms with Crippen LogP contribution in [0.2, 0.25) is 0 Å². The van der Waals surface area contributed by atoms with Crippen molar-refractivity contribution < 1.29 is 5.11 Å². The number of phenols is 1. The van der Waals surface area contributed by atoms with Gasteiger partial charge in [-0.2, -0.15) is 0 Å². The number of amidine groups is 1. The Morgan fingerprint density at radius 1 is 1.05 bits per heavy atom. The lowest BCUT2D eigenvalue weighted by molar-refractivity contribution is 0.475. The van der Waals surface area contributed by atoms with Gasteiger partial charge in [-0.1, -0.05) is 18.2 Å². The number of nitrogens with two attached hydrogens (primary N) is 1. The van der Waals surface area contributed by atoms with E-state index in [0.29, 0.717) is 11.5 Å². The fourth-order valence-corrected chi connectivity index (χ4v) is 2.01. The average Bonchev–Trinajstić information content (AvgIpc) is 2.85. The maximum atomic E-state index is 9.23. The fourth-order valence-electron chi connectivity index (χ4n) is 2.01. The van der Waals surface area contributed by atoms with Crippen LogP contribution in [0.1, 0.15) is 5.56 Å². The van der Waals surface area contributed by atoms with E-state index in [9.17, 15) is 5.11 Å². The van der Waals surface area contributed by atoms with Crippen LogP contribution in [0, 0.1) is 0 Å². The van der Waals surface area contributed by atoms with Gasteiger partial charge in [0.05, 0.1) is 5.69 Å². The van der Waals surface area contributed by atoms with E-state index in [0.717, 1.165) is 16.5 Å². The summed E-state index contributed by atoms with van der Waals surface area (Å²) in [5.74, 6) is 0.660. The number of para-hydroxylation sites is 1. The quantitative estimate of drug-likeness (QED) is 0.484. The zero-order chi connectivity index (χ0) is 13.2. The lowest BCUT2D eigenvalue weighted by Crippen LogP contribution is -2.12. The Hall–Kier alpha value is -2.75. The molecule has 2 aromatic carbocycles. The molecule has 4 nitrogen and oxygen atoms in total. The number of rotatable bonds is 2. The minimum absolute atomic E-state index is 0.213. The normalized spacial score (nSPS) is 11.9. The predicted molar refractivity (Wildman–Crippen MR) is 76.8 cm³/mol. The van der Waals surface area contributed by atoms with Gasteiger partial charge >= 0.3 is 0 Å². The van der Waals surface area contributed by atoms with Crippen molar-refractivity contribution in [3.8, 4) is 5.75 Å². The van der Waals surface area contributed by atoms with Crippen LogP contribution >= 0.6 is 0 Å². The summed E-state index contributed by atoms with van der Waals surface area (Å²) >= 11 is 0. The summed E-state index contributed by atoms with van der Waals surface area (Å²) in [5, 5.41) is 10.3. The van der Waals surface area contributed by atoms with E-state index in [1.807, 2.05) is 30.5 Å². The van der Waals surface area contributed by atoms with Crippen molar-refractivity contribution in [2.24, 2.45) is 10.7 Å². The number of aromatic nitrogens is 1. The second-order valence-electron chi connectivity index (χ2n) is 4.26. The van der Waals surface area contributed by atoms with Crippen LogP contribution < -0.4 is 5.73 Å². The summed E-state index contributed by atoms with van der Waals surface area (Å²) in [4.78, 5) is 7.52. The molecule has 0 aliphatic rings. The number of phenolic OH excluding ortho intramolecular Hbond substituents is 1. The maximum absolute atomic E-state index is 9.23. The van der Waals surface area contributed by atoms with Crippen molar-refractivity contribution in [3.63, 3.8) is 0 Å². The molecule has 0 atom stereocenters. The van der Waals surface area contributed by atoms with Crippen molar-refractivity contribution in [3.05, 3.63) is 60.3 Å². The zero-order valence-electron chi connectivity index (χ0n) is 10.2. The Balaban J connectivity index is 2.03. The van der Waals surface area contributed by atoms with Crippen LogP contribution in [0.3, 0.4) is 0 Å². The molecular formula is C15H13N3O. The number of aliphatic imine (C=N–C) groups is 1. The first-order valence-corrected chi connectivity index (χ1v) is 5.94. The second kappa shape index (κ2) is 4.49. The van der Waals surface area contributed by atoms with Crippen LogP contribution in [0.4, 0.5) is 5.69 Å². The summed E-state index contributed by atoms with van der Waals surface area (Å²) in [6.07, 6.45) is 1.85. The molecule has 94 valence electrons. The Morgan fingerprint density at radius 2 is 1.79 bits per heavy atom. The highest BCUT2D eigenvalue weighted by Crippen LogP contribution is 2.20. The first-order valence-electron chi connectivity index (χ1n) is 5.94. The molecule has 1 aromatic heterocycles. The average molecular weight is 251 g/mol. The van der Waals surface area contributed by atoms with Gasteiger partial charge in [0.1, 0.15) is 11.6 Å². The summed E-state index contributed by atoms with van der Waals surface area (Å²) in [6, 6.07) is 14.5. The molecule has 3 aromatic rings. The first-order chi connectivity index (χ1) is 9.24. The lowest BCUT2D eigenvalue weighted by Gasteiger charge is -2.00. The highest BCUT2D eigenvalue weighted by molar-refractivity contribution is 6.09. The topological polar surface area (TPSA) is 74.4 Å². The number of hydrogen-bond acceptors (Lipinski definition) is 2. The van der Waals surface area contributed by atoms with Crippen molar-refractivity contribution in [1.82, 2.24) is 4.98 Å². The monoisotopic (exact) mass is 251 g/mol. The van der Waals surface area contributed by atoms with E-state index < -0.39 is 0 Å². The lowest BCUT2D eigenvalue weighted by atomic mass is 10.1. The van der Waals surface area contributed by atoms with Gasteiger partial charge in [0.25, 0.3) is 0 Å². The molecule has 0 aliphatic heterocycles. The molecule has 19 heavy (non-hydrogen) atoms. The summed E-state index contributed by atoms with van der Waals surface area (Å²) < 4.78 is 0. The van der Waals surface area contributed by atoms with Gasteiger partial charge in [0, 0.05) is 22.7 Å². The van der Waals surface area contributed by atoms with Crippen molar-refractivity contribution in [2.45, 2.75) is 0 Å². The fraction of sp³-hybridized carbons (Fsp3) is 0. The molecule has 0 aliphatic carbocycles. The Bertz CT molecular complexity index is 741. The minimum atomic E-state index is 0.213. The van der Waals surface area contributed by atoms with Gasteiger partial charge in [-0.25, -0.2) is 4.99 Å². The van der Waals surface area contributed by atoms with Gasteiger partial charge in [-0.05, 0) is 30.3 Å². The number of nitrogens with one attached hydrogen (secondary N) is 1. The summed E-state index contributed by atoms with van der Waals surface area (Å²) in [5.41, 5.74) is 8.66. The smallest absolute Gasteiger partial charge is 0.133 e. The van der Waals surface area contributed by atoms with E-state index >= 15 is 0 Å². The van der Waals surface area contributed by atoms with Gasteiger partial charge in [-0.3, -0.25) is 0 Å². The number of aromatic amines is 1. The molecule has 0 saturated heterocycles. The third-order valence-electron chi connectivity index (χ3n) is 2.96. The molecule has 0 saturated carbocycles. The predicted octanol–water partition coefficient (Wildman–Crippen LogP) is 2.91. The third-order valence-corrected chi connectivity index (χ3v) is 2.96. The van der Waals surface area contributed by atoms with Crippen molar-refractivity contribution in [2.75, 3.05) is 0 Å². The molecule has 1 heterocycles. The third kappa shape index (κ3) is 2.15. The van der Waals surface area contributed by atoms with Crippen molar-refractivity contribution >= 4 is 22.4 Å². The standard InChI is InChI=1S/C15H13N3O/c16-15(18-10-5-7-11(19)8-6-10)13-9-17-14-4-2-1-3-12(13)14/h1-9,17,19H,(H2,16,18). The van der Waals surface area contributed by atoms with Crippen molar-refractivity contribution in [1.29, 1.82) is 0 Å². The Kier molecular flexibility index (Phi) is 2.68. The summed E-state index contributed by atoms with van der Waals surface area (Å²) in [7, 11) is 0. The van der Waals surface area contributed by atoms with Crippen LogP contribution in [0.25, 0.3) is 10.9 Å². The highest BCUT2D eigenvalue weighted by atomic mass is 16.3. The van der Waals surface area contributed by atoms with Gasteiger partial charge < -0.3 is 15.8 Å². The first kappa shape index (κ1) is 11.3. The van der Waals surface area contributed by atoms with Crippen LogP contribution in [-0.4, -0.2) is 15.9 Å². The number of H-pyrrole nitrogens is 1. The zero-order valence-corrected chi connectivity index (χ0v) is 10.2. The SMILES string of the molecule is NC(=Nc1ccc(O)cc1)c1c[nH]c2ccccc12. The van der Waals surface area contributed by atoms with E-state index in [1.54, 1.807) is 24.3 Å². The van der Waals surface area contributed by atoms with E-state index in [4.69, 9.17) is 5.73 Å². The highest BCUT2D eigenvalue weighted by Gasteiger charge is 2.06. The molecule has 0 radical (unpaired) electrons. The molecule has 0 bridgehead atoms.